The maximum absolute atomic E-state index is 13.0. The molecule has 0 saturated heterocycles. The summed E-state index contributed by atoms with van der Waals surface area (Å²) in [6.45, 7) is 28.2. The highest BCUT2D eigenvalue weighted by Crippen LogP contribution is 2.31. The summed E-state index contributed by atoms with van der Waals surface area (Å²) in [7, 11) is 1.96. The Bertz CT molecular complexity index is 928. The number of carbonyl (C=O) groups is 2. The topological polar surface area (TPSA) is 61.4 Å². The molecule has 0 saturated carbocycles. The Kier molecular flexibility index (Phi) is 26.0. The summed E-state index contributed by atoms with van der Waals surface area (Å²) in [5.41, 5.74) is 3.58. The molecule has 0 aliphatic carbocycles. The van der Waals surface area contributed by atoms with Gasteiger partial charge in [0.15, 0.2) is 0 Å². The number of nitrogens with zero attached hydrogens (tertiary/aromatic N) is 1. The fourth-order valence-electron chi connectivity index (χ4n) is 4.29. The first-order chi connectivity index (χ1) is 20.5. The van der Waals surface area contributed by atoms with Gasteiger partial charge in [-0.15, -0.1) is 6.58 Å². The number of nitrogens with one attached hydrogen (secondary N) is 2. The van der Waals surface area contributed by atoms with Gasteiger partial charge in [-0.1, -0.05) is 135 Å². The lowest BCUT2D eigenvalue weighted by molar-refractivity contribution is -0.139. The van der Waals surface area contributed by atoms with E-state index >= 15 is 0 Å². The average molecular weight is 616 g/mol. The number of hydrogen-bond acceptors (Lipinski definition) is 4. The van der Waals surface area contributed by atoms with Crippen LogP contribution in [0.25, 0.3) is 4.91 Å². The number of unbranched alkanes of at least 4 members (excludes halogenated alkanes) is 5. The standard InChI is InChI=1S/C21H40N2O2.C14H19NS.C2H6/c1-7-10-12-13-14-15-18(24)22-19(21(4,5)6)20(25)23(16-9-3)17-11-8-2;1-5-16-14(11(2)3)13-8-6-12(7-9-13)10-15-4;1-2/h9,19H,3,7-8,10-17H2,1-2,4-6H3,(H,22,24);5-9,15H,1,10H2,2-4H3;1-2H3. The van der Waals surface area contributed by atoms with Gasteiger partial charge < -0.3 is 15.5 Å². The van der Waals surface area contributed by atoms with Crippen LogP contribution in [0.1, 0.15) is 125 Å². The average Bonchev–Trinajstić information content (AvgIpc) is 2.97. The minimum Gasteiger partial charge on any atom is -0.344 e. The fraction of sp³-hybridized carbons (Fsp3) is 0.622. The lowest BCUT2D eigenvalue weighted by Crippen LogP contribution is -2.55. The molecule has 2 amide bonds. The summed E-state index contributed by atoms with van der Waals surface area (Å²) in [5.74, 6) is -0.0148. The molecule has 0 aliphatic heterocycles. The van der Waals surface area contributed by atoms with Crippen LogP contribution < -0.4 is 10.6 Å². The minimum absolute atomic E-state index is 0.000169. The van der Waals surface area contributed by atoms with E-state index in [4.69, 9.17) is 0 Å². The number of thioether (sulfide) groups is 1. The fourth-order valence-corrected chi connectivity index (χ4v) is 4.96. The predicted octanol–water partition coefficient (Wildman–Crippen LogP) is 9.75. The molecular weight excluding hydrogens is 550 g/mol. The Balaban J connectivity index is 0. The normalized spacial score (nSPS) is 11.1. The SMILES string of the molecule is C=CCN(CCCC)C(=O)C(NC(=O)CCCCCCC)C(C)(C)C.C=CSC(=C(C)C)c1ccc(CNC)cc1.CC. The Labute approximate surface area is 270 Å². The molecule has 0 spiro atoms. The van der Waals surface area contributed by atoms with Crippen molar-refractivity contribution in [2.75, 3.05) is 20.1 Å². The van der Waals surface area contributed by atoms with Crippen molar-refractivity contribution in [3.05, 3.63) is 65.6 Å². The summed E-state index contributed by atoms with van der Waals surface area (Å²) < 4.78 is 0. The van der Waals surface area contributed by atoms with Crippen molar-refractivity contribution in [2.24, 2.45) is 5.41 Å². The number of amides is 2. The van der Waals surface area contributed by atoms with E-state index in [1.165, 1.54) is 40.9 Å². The summed E-state index contributed by atoms with van der Waals surface area (Å²) in [4.78, 5) is 28.4. The first-order valence-electron chi connectivity index (χ1n) is 16.3. The van der Waals surface area contributed by atoms with E-state index in [1.807, 2.05) is 52.0 Å². The Morgan fingerprint density at radius 3 is 2.00 bits per heavy atom. The van der Waals surface area contributed by atoms with Crippen LogP contribution in [0, 0.1) is 5.41 Å². The van der Waals surface area contributed by atoms with E-state index in [-0.39, 0.29) is 17.2 Å². The minimum atomic E-state index is -0.493. The van der Waals surface area contributed by atoms with Crippen molar-refractivity contribution in [1.29, 1.82) is 0 Å². The Morgan fingerprint density at radius 1 is 0.953 bits per heavy atom. The van der Waals surface area contributed by atoms with Crippen molar-refractivity contribution >= 4 is 28.5 Å². The summed E-state index contributed by atoms with van der Waals surface area (Å²) in [6, 6.07) is 8.18. The predicted molar refractivity (Wildman–Crippen MR) is 193 cm³/mol. The van der Waals surface area contributed by atoms with E-state index < -0.39 is 6.04 Å². The zero-order chi connectivity index (χ0) is 33.3. The van der Waals surface area contributed by atoms with Crippen LogP contribution in [0.4, 0.5) is 0 Å². The van der Waals surface area contributed by atoms with Crippen LogP contribution in [-0.4, -0.2) is 42.9 Å². The first-order valence-corrected chi connectivity index (χ1v) is 17.2. The molecule has 5 nitrogen and oxygen atoms in total. The van der Waals surface area contributed by atoms with Crippen molar-refractivity contribution in [2.45, 2.75) is 126 Å². The van der Waals surface area contributed by atoms with Crippen LogP contribution >= 0.6 is 11.8 Å². The van der Waals surface area contributed by atoms with Crippen LogP contribution in [0.15, 0.2) is 54.5 Å². The molecule has 6 heteroatoms. The highest BCUT2D eigenvalue weighted by molar-refractivity contribution is 8.10. The van der Waals surface area contributed by atoms with Crippen molar-refractivity contribution in [3.8, 4) is 0 Å². The molecule has 0 aliphatic rings. The van der Waals surface area contributed by atoms with E-state index in [1.54, 1.807) is 17.8 Å². The van der Waals surface area contributed by atoms with Crippen molar-refractivity contribution in [1.82, 2.24) is 15.5 Å². The first kappa shape index (κ1) is 42.8. The lowest BCUT2D eigenvalue weighted by Gasteiger charge is -2.34. The zero-order valence-corrected chi connectivity index (χ0v) is 30.2. The van der Waals surface area contributed by atoms with Crippen molar-refractivity contribution in [3.63, 3.8) is 0 Å². The van der Waals surface area contributed by atoms with Gasteiger partial charge in [-0.25, -0.2) is 0 Å². The van der Waals surface area contributed by atoms with Crippen LogP contribution in [0.3, 0.4) is 0 Å². The quantitative estimate of drug-likeness (QED) is 0.127. The number of rotatable bonds is 18. The van der Waals surface area contributed by atoms with Gasteiger partial charge in [-0.05, 0) is 55.7 Å². The maximum Gasteiger partial charge on any atom is 0.245 e. The number of benzene rings is 1. The third kappa shape index (κ3) is 19.6. The molecule has 1 unspecified atom stereocenters. The largest absolute Gasteiger partial charge is 0.344 e. The monoisotopic (exact) mass is 615 g/mol. The molecule has 0 heterocycles. The third-order valence-electron chi connectivity index (χ3n) is 6.62. The molecule has 1 aromatic carbocycles. The molecule has 1 rings (SSSR count). The maximum atomic E-state index is 13.0. The highest BCUT2D eigenvalue weighted by Gasteiger charge is 2.35. The molecule has 2 N–H and O–H groups in total. The molecule has 0 aromatic heterocycles. The van der Waals surface area contributed by atoms with Crippen LogP contribution in [0.5, 0.6) is 0 Å². The lowest BCUT2D eigenvalue weighted by atomic mass is 9.85. The van der Waals surface area contributed by atoms with Gasteiger partial charge >= 0.3 is 0 Å². The number of allylic oxidation sites excluding steroid dienone is 1. The molecule has 0 fully saturated rings. The Morgan fingerprint density at radius 2 is 1.53 bits per heavy atom. The second-order valence-electron chi connectivity index (χ2n) is 11.8. The number of carbonyl (C=O) groups excluding carboxylic acids is 2. The van der Waals surface area contributed by atoms with Gasteiger partial charge in [0.05, 0.1) is 0 Å². The van der Waals surface area contributed by atoms with E-state index in [0.29, 0.717) is 19.5 Å². The molecule has 1 atom stereocenters. The summed E-state index contributed by atoms with van der Waals surface area (Å²) in [6.07, 6.45) is 9.81. The molecule has 246 valence electrons. The molecule has 43 heavy (non-hydrogen) atoms. The molecular formula is C37H65N3O2S. The van der Waals surface area contributed by atoms with E-state index in [0.717, 1.165) is 32.2 Å². The number of hydrogen-bond donors (Lipinski definition) is 2. The highest BCUT2D eigenvalue weighted by atomic mass is 32.2. The van der Waals surface area contributed by atoms with E-state index in [9.17, 15) is 9.59 Å². The van der Waals surface area contributed by atoms with Gasteiger partial charge in [0, 0.05) is 31.0 Å². The summed E-state index contributed by atoms with van der Waals surface area (Å²) in [5, 5.41) is 8.02. The van der Waals surface area contributed by atoms with Gasteiger partial charge in [0.1, 0.15) is 6.04 Å². The second kappa shape index (κ2) is 26.1. The smallest absolute Gasteiger partial charge is 0.245 e. The Hall–Kier alpha value is -2.31. The van der Waals surface area contributed by atoms with Gasteiger partial charge in [-0.3, -0.25) is 9.59 Å². The van der Waals surface area contributed by atoms with Gasteiger partial charge in [0.25, 0.3) is 0 Å². The molecule has 0 bridgehead atoms. The molecule has 0 radical (unpaired) electrons. The van der Waals surface area contributed by atoms with E-state index in [2.05, 4.69) is 75.8 Å². The van der Waals surface area contributed by atoms with Gasteiger partial charge in [0.2, 0.25) is 11.8 Å². The molecule has 1 aromatic rings. The van der Waals surface area contributed by atoms with Gasteiger partial charge in [-0.2, -0.15) is 0 Å². The summed E-state index contributed by atoms with van der Waals surface area (Å²) >= 11 is 1.68. The van der Waals surface area contributed by atoms with Crippen molar-refractivity contribution < 1.29 is 9.59 Å². The second-order valence-corrected chi connectivity index (χ2v) is 12.8. The van der Waals surface area contributed by atoms with Crippen LogP contribution in [-0.2, 0) is 16.1 Å². The zero-order valence-electron chi connectivity index (χ0n) is 29.4. The third-order valence-corrected chi connectivity index (χ3v) is 7.67. The van der Waals surface area contributed by atoms with Crippen LogP contribution in [0.2, 0.25) is 0 Å².